The number of unbranched alkanes of at least 4 members (excludes halogenated alkanes) is 3. The highest BCUT2D eigenvalue weighted by atomic mass is 16.5. The van der Waals surface area contributed by atoms with E-state index in [1.54, 1.807) is 30.3 Å². The minimum Gasteiger partial charge on any atom is -0.423 e. The van der Waals surface area contributed by atoms with Gasteiger partial charge in [-0.1, -0.05) is 85.6 Å². The minimum atomic E-state index is -1.63. The molecular formula is C49H64B2N6O8. The summed E-state index contributed by atoms with van der Waals surface area (Å²) in [6.45, 7) is 6.61. The topological polar surface area (TPSA) is 185 Å². The average molecular weight is 887 g/mol. The van der Waals surface area contributed by atoms with Gasteiger partial charge in [-0.05, 0) is 83.9 Å². The van der Waals surface area contributed by atoms with Gasteiger partial charge in [0.2, 0.25) is 0 Å². The lowest BCUT2D eigenvalue weighted by molar-refractivity contribution is 0.0548. The van der Waals surface area contributed by atoms with E-state index in [2.05, 4.69) is 44.3 Å². The molecule has 0 saturated heterocycles. The molecular weight excluding hydrogens is 822 g/mol. The summed E-state index contributed by atoms with van der Waals surface area (Å²) in [7, 11) is 0.851. The second-order valence-corrected chi connectivity index (χ2v) is 16.7. The normalized spacial score (nSPS) is 12.5. The van der Waals surface area contributed by atoms with Crippen molar-refractivity contribution in [2.45, 2.75) is 45.3 Å². The molecule has 5 aromatic carbocycles. The van der Waals surface area contributed by atoms with Gasteiger partial charge in [0.25, 0.3) is 11.8 Å². The molecule has 65 heavy (non-hydrogen) atoms. The summed E-state index contributed by atoms with van der Waals surface area (Å²) in [6.07, 6.45) is 3.66. The maximum atomic E-state index is 14.1. The lowest BCUT2D eigenvalue weighted by atomic mass is 9.77. The molecule has 0 aromatic heterocycles. The number of nitrogens with two attached hydrogens (primary N) is 1. The van der Waals surface area contributed by atoms with Crippen LogP contribution >= 0.6 is 0 Å². The highest BCUT2D eigenvalue weighted by molar-refractivity contribution is 6.59. The van der Waals surface area contributed by atoms with Crippen molar-refractivity contribution in [2.75, 3.05) is 90.0 Å². The van der Waals surface area contributed by atoms with Crippen molar-refractivity contribution < 1.29 is 39.2 Å². The number of rotatable bonds is 28. The van der Waals surface area contributed by atoms with Gasteiger partial charge in [0.1, 0.15) is 0 Å². The Bertz CT molecular complexity index is 2280. The second kappa shape index (κ2) is 25.0. The Morgan fingerprint density at radius 1 is 0.615 bits per heavy atom. The van der Waals surface area contributed by atoms with Gasteiger partial charge in [-0.3, -0.25) is 24.3 Å². The van der Waals surface area contributed by atoms with Gasteiger partial charge in [0.15, 0.2) is 0 Å². The van der Waals surface area contributed by atoms with Crippen molar-refractivity contribution >= 4 is 59.1 Å². The fourth-order valence-corrected chi connectivity index (χ4v) is 8.42. The zero-order valence-electron chi connectivity index (χ0n) is 37.8. The fourth-order valence-electron chi connectivity index (χ4n) is 8.42. The number of hydrogen-bond donors (Lipinski definition) is 6. The molecule has 1 aliphatic rings. The van der Waals surface area contributed by atoms with Crippen LogP contribution in [0.15, 0.2) is 103 Å². The van der Waals surface area contributed by atoms with Gasteiger partial charge >= 0.3 is 14.2 Å². The molecule has 0 aliphatic carbocycles. The minimum absolute atomic E-state index is 0.165. The van der Waals surface area contributed by atoms with Gasteiger partial charge in [0, 0.05) is 93.2 Å². The van der Waals surface area contributed by atoms with Crippen LogP contribution in [0.2, 0.25) is 0 Å². The zero-order chi connectivity index (χ0) is 46.1. The summed E-state index contributed by atoms with van der Waals surface area (Å²) < 4.78 is 11.0. The van der Waals surface area contributed by atoms with Gasteiger partial charge in [0.05, 0.1) is 26.4 Å². The maximum absolute atomic E-state index is 14.1. The van der Waals surface area contributed by atoms with Crippen molar-refractivity contribution in [1.29, 1.82) is 0 Å². The molecule has 0 atom stereocenters. The summed E-state index contributed by atoms with van der Waals surface area (Å²) in [5, 5.41) is 45.3. The van der Waals surface area contributed by atoms with Crippen molar-refractivity contribution in [3.8, 4) is 0 Å². The Balaban J connectivity index is 1.08. The van der Waals surface area contributed by atoms with E-state index >= 15 is 0 Å². The number of anilines is 2. The van der Waals surface area contributed by atoms with E-state index in [1.807, 2.05) is 62.6 Å². The third-order valence-electron chi connectivity index (χ3n) is 11.8. The molecule has 0 radical (unpaired) electrons. The molecule has 0 saturated carbocycles. The number of nitrogens with one attached hydrogen (secondary N) is 1. The largest absolute Gasteiger partial charge is 0.488 e. The first-order chi connectivity index (χ1) is 31.5. The molecule has 1 heterocycles. The van der Waals surface area contributed by atoms with Crippen LogP contribution in [0.3, 0.4) is 0 Å². The van der Waals surface area contributed by atoms with Gasteiger partial charge in [-0.15, -0.1) is 0 Å². The van der Waals surface area contributed by atoms with E-state index in [-0.39, 0.29) is 18.4 Å². The predicted molar refractivity (Wildman–Crippen MR) is 260 cm³/mol. The molecule has 344 valence electrons. The zero-order valence-corrected chi connectivity index (χ0v) is 37.8. The number of ether oxygens (including phenoxy) is 2. The van der Waals surface area contributed by atoms with Gasteiger partial charge in [-0.25, -0.2) is 0 Å². The lowest BCUT2D eigenvalue weighted by Crippen LogP contribution is -2.45. The third-order valence-corrected chi connectivity index (χ3v) is 11.8. The average Bonchev–Trinajstić information content (AvgIpc) is 3.30. The SMILES string of the molecule is CN(C)c1ccc(CN(CCCCCCN(CCN2C(=O)c3cccc4c(NCCOCCOCCN)ccc(c34)C2=O)Cc2ccccc2B(O)O)Cc2ccccc2B(O)O)cc1. The van der Waals surface area contributed by atoms with E-state index in [1.165, 1.54) is 10.5 Å². The molecule has 0 spiro atoms. The molecule has 1 aliphatic heterocycles. The highest BCUT2D eigenvalue weighted by Gasteiger charge is 2.33. The second-order valence-electron chi connectivity index (χ2n) is 16.7. The fraction of sp³-hybridized carbons (Fsp3) is 0.388. The first kappa shape index (κ1) is 49.3. The Morgan fingerprint density at radius 2 is 1.20 bits per heavy atom. The number of amides is 2. The number of benzene rings is 5. The predicted octanol–water partition coefficient (Wildman–Crippen LogP) is 3.03. The van der Waals surface area contributed by atoms with E-state index < -0.39 is 14.2 Å². The molecule has 14 nitrogen and oxygen atoms in total. The van der Waals surface area contributed by atoms with Crippen LogP contribution in [0.1, 0.15) is 63.1 Å². The number of hydrogen-bond acceptors (Lipinski definition) is 13. The summed E-state index contributed by atoms with van der Waals surface area (Å²) in [5.41, 5.74) is 12.1. The Kier molecular flexibility index (Phi) is 18.9. The first-order valence-corrected chi connectivity index (χ1v) is 22.7. The quantitative estimate of drug-likeness (QED) is 0.0245. The molecule has 5 aromatic rings. The van der Waals surface area contributed by atoms with Gasteiger partial charge < -0.3 is 45.5 Å². The van der Waals surface area contributed by atoms with E-state index in [0.717, 1.165) is 60.1 Å². The number of imide groups is 1. The number of carbonyl (C=O) groups is 2. The van der Waals surface area contributed by atoms with Crippen LogP contribution in [0.5, 0.6) is 0 Å². The third kappa shape index (κ3) is 13.7. The van der Waals surface area contributed by atoms with Crippen LogP contribution in [0, 0.1) is 0 Å². The molecule has 0 unspecified atom stereocenters. The van der Waals surface area contributed by atoms with Crippen molar-refractivity contribution in [3.05, 3.63) is 131 Å². The monoisotopic (exact) mass is 886 g/mol. The maximum Gasteiger partial charge on any atom is 0.488 e. The smallest absolute Gasteiger partial charge is 0.423 e. The Labute approximate surface area is 383 Å². The highest BCUT2D eigenvalue weighted by Crippen LogP contribution is 2.34. The Hall–Kier alpha value is -5.13. The van der Waals surface area contributed by atoms with Crippen LogP contribution in [0.4, 0.5) is 11.4 Å². The van der Waals surface area contributed by atoms with E-state index in [4.69, 9.17) is 15.2 Å². The van der Waals surface area contributed by atoms with Gasteiger partial charge in [-0.2, -0.15) is 0 Å². The van der Waals surface area contributed by atoms with Crippen LogP contribution in [-0.4, -0.2) is 141 Å². The first-order valence-electron chi connectivity index (χ1n) is 22.7. The summed E-state index contributed by atoms with van der Waals surface area (Å²) in [5.74, 6) is -0.682. The number of carbonyl (C=O) groups excluding carboxylic acids is 2. The van der Waals surface area contributed by atoms with E-state index in [9.17, 15) is 29.7 Å². The summed E-state index contributed by atoms with van der Waals surface area (Å²) in [6, 6.07) is 32.3. The van der Waals surface area contributed by atoms with Crippen molar-refractivity contribution in [3.63, 3.8) is 0 Å². The van der Waals surface area contributed by atoms with Crippen molar-refractivity contribution in [2.24, 2.45) is 5.73 Å². The molecule has 0 fully saturated rings. The molecule has 2 amide bonds. The van der Waals surface area contributed by atoms with E-state index in [0.29, 0.717) is 99.7 Å². The molecule has 6 rings (SSSR count). The lowest BCUT2D eigenvalue weighted by Gasteiger charge is -2.31. The Morgan fingerprint density at radius 3 is 1.82 bits per heavy atom. The summed E-state index contributed by atoms with van der Waals surface area (Å²) >= 11 is 0. The van der Waals surface area contributed by atoms with Crippen LogP contribution < -0.4 is 26.9 Å². The molecule has 7 N–H and O–H groups in total. The van der Waals surface area contributed by atoms with Crippen LogP contribution in [-0.2, 0) is 29.1 Å². The molecule has 0 bridgehead atoms. The van der Waals surface area contributed by atoms with Crippen molar-refractivity contribution in [1.82, 2.24) is 14.7 Å². The van der Waals surface area contributed by atoms with Crippen LogP contribution in [0.25, 0.3) is 10.8 Å². The standard InChI is InChI=1S/C49H64B2N6O8/c1-54(2)40-20-18-37(19-21-40)34-56(36-39-13-6-8-17-45(39)51(62)63)27-10-4-3-9-26-55(35-38-12-5-7-16-44(38)50(60)61)28-29-57-48(58)42-15-11-14-41-46(23-22-43(47(41)42)49(57)59)53-25-31-65-33-32-64-30-24-52/h5-8,11-23,53,60-63H,3-4,9-10,24-36,52H2,1-2H3. The summed E-state index contributed by atoms with van der Waals surface area (Å²) in [4.78, 5) is 36.1. The number of nitrogens with zero attached hydrogens (tertiary/aromatic N) is 4. The molecule has 16 heteroatoms.